The highest BCUT2D eigenvalue weighted by Crippen LogP contribution is 2.25. The van der Waals surface area contributed by atoms with Crippen molar-refractivity contribution in [3.05, 3.63) is 0 Å². The van der Waals surface area contributed by atoms with Gasteiger partial charge in [0.25, 0.3) is 0 Å². The lowest BCUT2D eigenvalue weighted by Gasteiger charge is -2.35. The van der Waals surface area contributed by atoms with Crippen molar-refractivity contribution in [3.8, 4) is 0 Å². The van der Waals surface area contributed by atoms with E-state index in [0.29, 0.717) is 23.9 Å². The summed E-state index contributed by atoms with van der Waals surface area (Å²) < 4.78 is 5.70. The van der Waals surface area contributed by atoms with Gasteiger partial charge >= 0.3 is 0 Å². The Morgan fingerprint density at radius 2 is 2.00 bits per heavy atom. The van der Waals surface area contributed by atoms with Gasteiger partial charge in [-0.2, -0.15) is 0 Å². The van der Waals surface area contributed by atoms with Crippen LogP contribution < -0.4 is 0 Å². The zero-order chi connectivity index (χ0) is 11.5. The Bertz CT molecular complexity index is 244. The van der Waals surface area contributed by atoms with Gasteiger partial charge in [-0.05, 0) is 39.7 Å². The van der Waals surface area contributed by atoms with Gasteiger partial charge in [0, 0.05) is 25.4 Å². The van der Waals surface area contributed by atoms with E-state index in [0.717, 1.165) is 45.3 Å². The first-order valence-electron chi connectivity index (χ1n) is 6.55. The Labute approximate surface area is 98.1 Å². The number of carbonyl (C=O) groups is 1. The summed E-state index contributed by atoms with van der Waals surface area (Å²) in [6, 6.07) is 0. The number of ketones is 1. The Hall–Kier alpha value is -0.410. The molecule has 1 heterocycles. The first kappa shape index (κ1) is 12.1. The molecule has 0 spiro atoms. The Morgan fingerprint density at radius 3 is 2.56 bits per heavy atom. The number of rotatable bonds is 3. The van der Waals surface area contributed by atoms with E-state index in [2.05, 4.69) is 18.7 Å². The average molecular weight is 225 g/mol. The summed E-state index contributed by atoms with van der Waals surface area (Å²) in [6.07, 6.45) is 4.78. The highest BCUT2D eigenvalue weighted by molar-refractivity contribution is 5.82. The van der Waals surface area contributed by atoms with Crippen LogP contribution in [0.25, 0.3) is 0 Å². The predicted octanol–water partition coefficient (Wildman–Crippen LogP) is 1.85. The summed E-state index contributed by atoms with van der Waals surface area (Å²) in [5.41, 5.74) is 0. The topological polar surface area (TPSA) is 29.5 Å². The molecule has 92 valence electrons. The molecule has 2 fully saturated rings. The molecular formula is C13H23NO2. The fourth-order valence-corrected chi connectivity index (χ4v) is 3.00. The molecule has 0 radical (unpaired) electrons. The first-order valence-corrected chi connectivity index (χ1v) is 6.55. The van der Waals surface area contributed by atoms with Crippen LogP contribution >= 0.6 is 0 Å². The minimum atomic E-state index is 0.336. The van der Waals surface area contributed by atoms with Gasteiger partial charge in [-0.3, -0.25) is 9.69 Å². The molecule has 0 N–H and O–H groups in total. The van der Waals surface area contributed by atoms with E-state index in [1.54, 1.807) is 0 Å². The van der Waals surface area contributed by atoms with Gasteiger partial charge in [0.1, 0.15) is 5.78 Å². The second-order valence-electron chi connectivity index (χ2n) is 5.36. The molecule has 0 aromatic carbocycles. The maximum Gasteiger partial charge on any atom is 0.136 e. The lowest BCUT2D eigenvalue weighted by molar-refractivity contribution is -0.121. The summed E-state index contributed by atoms with van der Waals surface area (Å²) >= 11 is 0. The Morgan fingerprint density at radius 1 is 1.31 bits per heavy atom. The quantitative estimate of drug-likeness (QED) is 0.734. The summed E-state index contributed by atoms with van der Waals surface area (Å²) in [6.45, 7) is 7.36. The van der Waals surface area contributed by atoms with Gasteiger partial charge in [-0.15, -0.1) is 0 Å². The van der Waals surface area contributed by atoms with Crippen molar-refractivity contribution < 1.29 is 9.53 Å². The lowest BCUT2D eigenvalue weighted by Crippen LogP contribution is -2.46. The van der Waals surface area contributed by atoms with E-state index >= 15 is 0 Å². The number of Topliss-reactive ketones (excluding diaryl/α,β-unsaturated/α-hetero) is 1. The molecule has 1 aliphatic heterocycles. The molecule has 0 aromatic heterocycles. The number of morpholine rings is 1. The van der Waals surface area contributed by atoms with Crippen LogP contribution in [0, 0.1) is 5.92 Å². The highest BCUT2D eigenvalue weighted by atomic mass is 16.5. The van der Waals surface area contributed by atoms with Crippen molar-refractivity contribution in [1.82, 2.24) is 4.90 Å². The van der Waals surface area contributed by atoms with E-state index in [9.17, 15) is 4.79 Å². The number of ether oxygens (including phenoxy) is 1. The van der Waals surface area contributed by atoms with Crippen molar-refractivity contribution in [2.45, 2.75) is 51.7 Å². The van der Waals surface area contributed by atoms with Crippen molar-refractivity contribution in [2.24, 2.45) is 5.92 Å². The number of nitrogens with zero attached hydrogens (tertiary/aromatic N) is 1. The summed E-state index contributed by atoms with van der Waals surface area (Å²) in [7, 11) is 0. The number of hydrogen-bond donors (Lipinski definition) is 0. The normalized spacial score (nSPS) is 36.9. The monoisotopic (exact) mass is 225 g/mol. The molecule has 1 unspecified atom stereocenters. The molecule has 16 heavy (non-hydrogen) atoms. The van der Waals surface area contributed by atoms with E-state index in [1.165, 1.54) is 0 Å². The van der Waals surface area contributed by atoms with E-state index in [1.807, 2.05) is 0 Å². The molecule has 1 saturated carbocycles. The van der Waals surface area contributed by atoms with Crippen LogP contribution in [0.15, 0.2) is 0 Å². The molecule has 0 bridgehead atoms. The fraction of sp³-hybridized carbons (Fsp3) is 0.923. The molecule has 1 saturated heterocycles. The maximum atomic E-state index is 11.5. The van der Waals surface area contributed by atoms with E-state index in [-0.39, 0.29) is 0 Å². The minimum Gasteiger partial charge on any atom is -0.373 e. The van der Waals surface area contributed by atoms with Gasteiger partial charge < -0.3 is 4.74 Å². The van der Waals surface area contributed by atoms with Crippen molar-refractivity contribution in [3.63, 3.8) is 0 Å². The summed E-state index contributed by atoms with van der Waals surface area (Å²) in [5.74, 6) is 0.850. The lowest BCUT2D eigenvalue weighted by atomic mass is 10.0. The third kappa shape index (κ3) is 3.05. The van der Waals surface area contributed by atoms with Crippen molar-refractivity contribution in [1.29, 1.82) is 0 Å². The molecule has 2 aliphatic rings. The van der Waals surface area contributed by atoms with E-state index < -0.39 is 0 Å². The Kier molecular flexibility index (Phi) is 3.98. The largest absolute Gasteiger partial charge is 0.373 e. The second-order valence-corrected chi connectivity index (χ2v) is 5.36. The van der Waals surface area contributed by atoms with Crippen LogP contribution in [0.1, 0.15) is 39.5 Å². The van der Waals surface area contributed by atoms with Gasteiger partial charge in [-0.25, -0.2) is 0 Å². The molecule has 2 rings (SSSR count). The third-order valence-corrected chi connectivity index (χ3v) is 3.72. The van der Waals surface area contributed by atoms with Crippen LogP contribution in [0.4, 0.5) is 0 Å². The van der Waals surface area contributed by atoms with Crippen LogP contribution in [0.5, 0.6) is 0 Å². The zero-order valence-corrected chi connectivity index (χ0v) is 10.4. The van der Waals surface area contributed by atoms with Gasteiger partial charge in [-0.1, -0.05) is 0 Å². The predicted molar refractivity (Wildman–Crippen MR) is 63.4 cm³/mol. The third-order valence-electron chi connectivity index (χ3n) is 3.72. The van der Waals surface area contributed by atoms with E-state index in [4.69, 9.17) is 4.74 Å². The van der Waals surface area contributed by atoms with Crippen LogP contribution in [-0.4, -0.2) is 42.5 Å². The Balaban J connectivity index is 1.74. The summed E-state index contributed by atoms with van der Waals surface area (Å²) in [5, 5.41) is 0. The van der Waals surface area contributed by atoms with Crippen LogP contribution in [0.2, 0.25) is 0 Å². The molecule has 1 aliphatic carbocycles. The van der Waals surface area contributed by atoms with Crippen molar-refractivity contribution in [2.75, 3.05) is 19.6 Å². The molecule has 0 amide bonds. The molecule has 3 atom stereocenters. The van der Waals surface area contributed by atoms with Crippen LogP contribution in [0.3, 0.4) is 0 Å². The fourth-order valence-electron chi connectivity index (χ4n) is 3.00. The number of carbonyl (C=O) groups excluding carboxylic acids is 1. The molecular weight excluding hydrogens is 202 g/mol. The maximum absolute atomic E-state index is 11.5. The van der Waals surface area contributed by atoms with Crippen molar-refractivity contribution >= 4 is 5.78 Å². The minimum absolute atomic E-state index is 0.336. The molecule has 0 aromatic rings. The zero-order valence-electron chi connectivity index (χ0n) is 10.4. The highest BCUT2D eigenvalue weighted by Gasteiger charge is 2.27. The SMILES string of the molecule is C[C@@H]1CN(CCC2CCCC2=O)C[C@H](C)O1. The standard InChI is InChI=1S/C13H23NO2/c1-10-8-14(9-11(2)16-10)7-6-12-4-3-5-13(12)15/h10-12H,3-9H2,1-2H3/t10-,11+,12?. The van der Waals surface area contributed by atoms with Gasteiger partial charge in [0.15, 0.2) is 0 Å². The second kappa shape index (κ2) is 5.28. The van der Waals surface area contributed by atoms with Gasteiger partial charge in [0.2, 0.25) is 0 Å². The average Bonchev–Trinajstić information content (AvgIpc) is 2.59. The molecule has 3 heteroatoms. The number of hydrogen-bond acceptors (Lipinski definition) is 3. The smallest absolute Gasteiger partial charge is 0.136 e. The molecule has 3 nitrogen and oxygen atoms in total. The van der Waals surface area contributed by atoms with Crippen LogP contribution in [-0.2, 0) is 9.53 Å². The first-order chi connectivity index (χ1) is 7.65. The van der Waals surface area contributed by atoms with Gasteiger partial charge in [0.05, 0.1) is 12.2 Å². The summed E-state index contributed by atoms with van der Waals surface area (Å²) in [4.78, 5) is 14.0.